The molecule has 0 aromatic heterocycles. The molecule has 0 unspecified atom stereocenters. The summed E-state index contributed by atoms with van der Waals surface area (Å²) in [6.07, 6.45) is 6.50. The van der Waals surface area contributed by atoms with Crippen molar-refractivity contribution in [2.24, 2.45) is 5.41 Å². The molecule has 2 aliphatic rings. The van der Waals surface area contributed by atoms with E-state index in [2.05, 4.69) is 6.92 Å². The molecule has 3 atom stereocenters. The van der Waals surface area contributed by atoms with Crippen LogP contribution in [0, 0.1) is 5.41 Å². The van der Waals surface area contributed by atoms with Crippen LogP contribution in [0.2, 0.25) is 0 Å². The largest absolute Gasteiger partial charge is 0.393 e. The molecule has 0 radical (unpaired) electrons. The number of hydrogen-bond donors (Lipinski definition) is 2. The predicted octanol–water partition coefficient (Wildman–Crippen LogP) is 1.84. The van der Waals surface area contributed by atoms with E-state index >= 15 is 0 Å². The van der Waals surface area contributed by atoms with Gasteiger partial charge in [0, 0.05) is 0 Å². The minimum atomic E-state index is -0.468. The van der Waals surface area contributed by atoms with Gasteiger partial charge in [0.05, 0.1) is 11.7 Å². The van der Waals surface area contributed by atoms with Gasteiger partial charge >= 0.3 is 0 Å². The normalized spacial score (nSPS) is 51.5. The molecule has 2 N–H and O–H groups in total. The van der Waals surface area contributed by atoms with Crippen LogP contribution in [0.4, 0.5) is 0 Å². The Hall–Kier alpha value is -0.0800. The first kappa shape index (κ1) is 9.47. The monoisotopic (exact) mass is 184 g/mol. The lowest BCUT2D eigenvalue weighted by atomic mass is 9.72. The number of hydrogen-bond acceptors (Lipinski definition) is 2. The molecule has 0 spiro atoms. The minimum Gasteiger partial charge on any atom is -0.393 e. The summed E-state index contributed by atoms with van der Waals surface area (Å²) in [6.45, 7) is 2.15. The number of aliphatic hydroxyl groups is 2. The summed E-state index contributed by atoms with van der Waals surface area (Å²) >= 11 is 0. The molecule has 2 aliphatic carbocycles. The Balaban J connectivity index is 2.23. The molecule has 2 fully saturated rings. The Morgan fingerprint density at radius 1 is 1.15 bits per heavy atom. The quantitative estimate of drug-likeness (QED) is 0.603. The molecular weight excluding hydrogens is 164 g/mol. The van der Waals surface area contributed by atoms with E-state index in [1.807, 2.05) is 0 Å². The van der Waals surface area contributed by atoms with E-state index < -0.39 is 5.60 Å². The molecule has 0 heterocycles. The molecule has 0 aromatic carbocycles. The lowest BCUT2D eigenvalue weighted by molar-refractivity contribution is -0.0663. The average molecular weight is 184 g/mol. The first-order valence-corrected chi connectivity index (χ1v) is 5.46. The summed E-state index contributed by atoms with van der Waals surface area (Å²) in [5.74, 6) is 0. The Bertz CT molecular complexity index is 204. The molecule has 76 valence electrons. The second kappa shape index (κ2) is 2.96. The van der Waals surface area contributed by atoms with Crippen LogP contribution in [0.25, 0.3) is 0 Å². The smallest absolute Gasteiger partial charge is 0.0702 e. The SMILES string of the molecule is C[C@]12CCC[C@@]1(O)CCC[C@@H](O)C2. The fraction of sp³-hybridized carbons (Fsp3) is 1.00. The predicted molar refractivity (Wildman–Crippen MR) is 51.4 cm³/mol. The molecule has 2 nitrogen and oxygen atoms in total. The van der Waals surface area contributed by atoms with Gasteiger partial charge in [-0.25, -0.2) is 0 Å². The van der Waals surface area contributed by atoms with Crippen molar-refractivity contribution in [1.82, 2.24) is 0 Å². The third-order valence-corrected chi connectivity index (χ3v) is 4.26. The van der Waals surface area contributed by atoms with Crippen molar-refractivity contribution in [3.05, 3.63) is 0 Å². The molecular formula is C11H20O2. The molecule has 2 rings (SSSR count). The summed E-state index contributed by atoms with van der Waals surface area (Å²) in [5.41, 5.74) is -0.479. The van der Waals surface area contributed by atoms with Crippen LogP contribution in [-0.2, 0) is 0 Å². The van der Waals surface area contributed by atoms with Gasteiger partial charge in [-0.15, -0.1) is 0 Å². The summed E-state index contributed by atoms with van der Waals surface area (Å²) in [7, 11) is 0. The topological polar surface area (TPSA) is 40.5 Å². The zero-order valence-corrected chi connectivity index (χ0v) is 8.42. The van der Waals surface area contributed by atoms with Crippen LogP contribution in [0.5, 0.6) is 0 Å². The van der Waals surface area contributed by atoms with Crippen LogP contribution >= 0.6 is 0 Å². The highest BCUT2D eigenvalue weighted by Crippen LogP contribution is 2.53. The Morgan fingerprint density at radius 2 is 1.85 bits per heavy atom. The Labute approximate surface area is 80.0 Å². The molecule has 2 saturated carbocycles. The maximum atomic E-state index is 10.5. The van der Waals surface area contributed by atoms with E-state index in [4.69, 9.17) is 0 Å². The van der Waals surface area contributed by atoms with Gasteiger partial charge in [0.25, 0.3) is 0 Å². The maximum absolute atomic E-state index is 10.5. The molecule has 13 heavy (non-hydrogen) atoms. The van der Waals surface area contributed by atoms with Crippen LogP contribution in [0.3, 0.4) is 0 Å². The third-order valence-electron chi connectivity index (χ3n) is 4.26. The molecule has 0 aromatic rings. The van der Waals surface area contributed by atoms with Crippen molar-refractivity contribution in [2.75, 3.05) is 0 Å². The van der Waals surface area contributed by atoms with Crippen LogP contribution in [0.15, 0.2) is 0 Å². The summed E-state index contributed by atoms with van der Waals surface area (Å²) < 4.78 is 0. The lowest BCUT2D eigenvalue weighted by Crippen LogP contribution is -2.41. The van der Waals surface area contributed by atoms with E-state index in [1.54, 1.807) is 0 Å². The first-order valence-electron chi connectivity index (χ1n) is 5.46. The Morgan fingerprint density at radius 3 is 2.62 bits per heavy atom. The zero-order chi connectivity index (χ0) is 9.53. The van der Waals surface area contributed by atoms with E-state index in [0.29, 0.717) is 0 Å². The summed E-state index contributed by atoms with van der Waals surface area (Å²) in [4.78, 5) is 0. The van der Waals surface area contributed by atoms with Gasteiger partial charge in [-0.3, -0.25) is 0 Å². The van der Waals surface area contributed by atoms with Crippen LogP contribution in [-0.4, -0.2) is 21.9 Å². The second-order valence-corrected chi connectivity index (χ2v) is 5.20. The highest BCUT2D eigenvalue weighted by Gasteiger charge is 2.51. The maximum Gasteiger partial charge on any atom is 0.0702 e. The van der Waals surface area contributed by atoms with Gasteiger partial charge in [-0.1, -0.05) is 6.92 Å². The number of rotatable bonds is 0. The van der Waals surface area contributed by atoms with Gasteiger partial charge in [0.1, 0.15) is 0 Å². The van der Waals surface area contributed by atoms with Gasteiger partial charge < -0.3 is 10.2 Å². The number of fused-ring (bicyclic) bond motifs is 1. The van der Waals surface area contributed by atoms with E-state index in [-0.39, 0.29) is 11.5 Å². The van der Waals surface area contributed by atoms with Crippen molar-refractivity contribution < 1.29 is 10.2 Å². The van der Waals surface area contributed by atoms with Crippen LogP contribution < -0.4 is 0 Å². The van der Waals surface area contributed by atoms with Crippen molar-refractivity contribution in [3.63, 3.8) is 0 Å². The van der Waals surface area contributed by atoms with E-state index in [0.717, 1.165) is 44.9 Å². The fourth-order valence-corrected chi connectivity index (χ4v) is 3.28. The van der Waals surface area contributed by atoms with Crippen molar-refractivity contribution in [2.45, 2.75) is 63.6 Å². The highest BCUT2D eigenvalue weighted by atomic mass is 16.3. The number of aliphatic hydroxyl groups excluding tert-OH is 1. The standard InChI is InChI=1S/C11H20O2/c1-10-5-3-7-11(10,13)6-2-4-9(12)8-10/h9,12-13H,2-8H2,1H3/t9-,10-,11+/m1/s1. The molecule has 0 bridgehead atoms. The highest BCUT2D eigenvalue weighted by molar-refractivity contribution is 5.03. The molecule has 0 amide bonds. The van der Waals surface area contributed by atoms with E-state index in [9.17, 15) is 10.2 Å². The van der Waals surface area contributed by atoms with Crippen molar-refractivity contribution >= 4 is 0 Å². The van der Waals surface area contributed by atoms with Gasteiger partial charge in [0.2, 0.25) is 0 Å². The first-order chi connectivity index (χ1) is 6.06. The van der Waals surface area contributed by atoms with Gasteiger partial charge in [0.15, 0.2) is 0 Å². The van der Waals surface area contributed by atoms with Crippen molar-refractivity contribution in [1.29, 1.82) is 0 Å². The average Bonchev–Trinajstić information content (AvgIpc) is 2.22. The molecule has 2 heteroatoms. The molecule has 0 aliphatic heterocycles. The van der Waals surface area contributed by atoms with Crippen LogP contribution in [0.1, 0.15) is 51.9 Å². The second-order valence-electron chi connectivity index (χ2n) is 5.20. The van der Waals surface area contributed by atoms with Crippen molar-refractivity contribution in [3.8, 4) is 0 Å². The third kappa shape index (κ3) is 1.40. The zero-order valence-electron chi connectivity index (χ0n) is 8.42. The minimum absolute atomic E-state index is 0.0110. The fourth-order valence-electron chi connectivity index (χ4n) is 3.28. The van der Waals surface area contributed by atoms with Gasteiger partial charge in [-0.05, 0) is 50.4 Å². The molecule has 0 saturated heterocycles. The lowest BCUT2D eigenvalue weighted by Gasteiger charge is -2.38. The summed E-state index contributed by atoms with van der Waals surface area (Å²) in [6, 6.07) is 0. The van der Waals surface area contributed by atoms with E-state index in [1.165, 1.54) is 0 Å². The van der Waals surface area contributed by atoms with Gasteiger partial charge in [-0.2, -0.15) is 0 Å². The summed E-state index contributed by atoms with van der Waals surface area (Å²) in [5, 5.41) is 20.2. The Kier molecular flexibility index (Phi) is 2.16.